The molecule has 20 heavy (non-hydrogen) atoms. The first-order chi connectivity index (χ1) is 9.66. The van der Waals surface area contributed by atoms with Crippen LogP contribution in [0, 0.1) is 12.7 Å². The van der Waals surface area contributed by atoms with Crippen LogP contribution >= 0.6 is 0 Å². The van der Waals surface area contributed by atoms with Crippen LogP contribution in [0.15, 0.2) is 54.7 Å². The van der Waals surface area contributed by atoms with E-state index in [2.05, 4.69) is 4.98 Å². The summed E-state index contributed by atoms with van der Waals surface area (Å²) in [5, 5.41) is 11.4. The molecule has 0 radical (unpaired) electrons. The largest absolute Gasteiger partial charge is 0.384 e. The van der Waals surface area contributed by atoms with Crippen LogP contribution in [0.25, 0.3) is 10.9 Å². The van der Waals surface area contributed by atoms with Crippen molar-refractivity contribution in [2.24, 2.45) is 0 Å². The Hall–Kier alpha value is -2.26. The molecule has 3 heteroatoms. The maximum Gasteiger partial charge on any atom is 0.129 e. The van der Waals surface area contributed by atoms with Gasteiger partial charge in [-0.2, -0.15) is 0 Å². The van der Waals surface area contributed by atoms with E-state index >= 15 is 0 Å². The van der Waals surface area contributed by atoms with Crippen LogP contribution in [0.3, 0.4) is 0 Å². The number of aliphatic hydroxyl groups excluding tert-OH is 1. The van der Waals surface area contributed by atoms with E-state index in [9.17, 15) is 9.50 Å². The van der Waals surface area contributed by atoms with E-state index < -0.39 is 11.9 Å². The van der Waals surface area contributed by atoms with Gasteiger partial charge in [0.1, 0.15) is 11.9 Å². The average molecular weight is 267 g/mol. The van der Waals surface area contributed by atoms with E-state index in [1.54, 1.807) is 24.4 Å². The van der Waals surface area contributed by atoms with Crippen molar-refractivity contribution in [1.29, 1.82) is 0 Å². The van der Waals surface area contributed by atoms with E-state index in [-0.39, 0.29) is 0 Å². The molecule has 0 saturated carbocycles. The molecule has 0 saturated heterocycles. The highest BCUT2D eigenvalue weighted by Crippen LogP contribution is 2.29. The minimum absolute atomic E-state index is 0.293. The summed E-state index contributed by atoms with van der Waals surface area (Å²) in [7, 11) is 0. The first-order valence-electron chi connectivity index (χ1n) is 6.44. The van der Waals surface area contributed by atoms with Gasteiger partial charge >= 0.3 is 0 Å². The smallest absolute Gasteiger partial charge is 0.129 e. The fraction of sp³-hybridized carbons (Fsp3) is 0.118. The Labute approximate surface area is 116 Å². The van der Waals surface area contributed by atoms with Gasteiger partial charge < -0.3 is 5.11 Å². The zero-order valence-electron chi connectivity index (χ0n) is 11.0. The topological polar surface area (TPSA) is 33.1 Å². The molecule has 2 nitrogen and oxygen atoms in total. The number of halogens is 1. The molecule has 3 aromatic rings. The van der Waals surface area contributed by atoms with Gasteiger partial charge in [0, 0.05) is 17.1 Å². The lowest BCUT2D eigenvalue weighted by Crippen LogP contribution is -2.04. The first kappa shape index (κ1) is 12.8. The molecule has 100 valence electrons. The molecule has 0 aliphatic heterocycles. The molecule has 0 aliphatic carbocycles. The van der Waals surface area contributed by atoms with Gasteiger partial charge in [0.15, 0.2) is 0 Å². The van der Waals surface area contributed by atoms with E-state index in [0.29, 0.717) is 11.1 Å². The molecule has 0 aliphatic rings. The second kappa shape index (κ2) is 5.02. The Kier molecular flexibility index (Phi) is 3.20. The van der Waals surface area contributed by atoms with E-state index in [1.807, 2.05) is 31.2 Å². The molecule has 0 fully saturated rings. The Bertz CT molecular complexity index is 765. The summed E-state index contributed by atoms with van der Waals surface area (Å²) in [5.74, 6) is -0.399. The average Bonchev–Trinajstić information content (AvgIpc) is 2.48. The van der Waals surface area contributed by atoms with Crippen molar-refractivity contribution in [3.8, 4) is 0 Å². The van der Waals surface area contributed by atoms with Gasteiger partial charge in [-0.15, -0.1) is 0 Å². The highest BCUT2D eigenvalue weighted by molar-refractivity contribution is 5.82. The van der Waals surface area contributed by atoms with Crippen molar-refractivity contribution in [3.63, 3.8) is 0 Å². The second-order valence-electron chi connectivity index (χ2n) is 4.84. The summed E-state index contributed by atoms with van der Waals surface area (Å²) in [6, 6.07) is 13.9. The molecule has 1 N–H and O–H groups in total. The molecule has 3 rings (SSSR count). The molecule has 1 unspecified atom stereocenters. The zero-order valence-corrected chi connectivity index (χ0v) is 11.0. The number of aryl methyl sites for hydroxylation is 1. The van der Waals surface area contributed by atoms with Gasteiger partial charge in [0.05, 0.1) is 5.52 Å². The standard InChI is InChI=1S/C17H14FNO/c1-11-7-8-15(18)14(10-11)17(20)13-4-2-6-16-12(13)5-3-9-19-16/h2-10,17,20H,1H3. The maximum atomic E-state index is 13.9. The Balaban J connectivity index is 2.17. The lowest BCUT2D eigenvalue weighted by molar-refractivity contribution is 0.216. The van der Waals surface area contributed by atoms with Crippen LogP contribution < -0.4 is 0 Å². The normalized spacial score (nSPS) is 12.6. The fourth-order valence-corrected chi connectivity index (χ4v) is 2.41. The first-order valence-corrected chi connectivity index (χ1v) is 6.44. The maximum absolute atomic E-state index is 13.9. The summed E-state index contributed by atoms with van der Waals surface area (Å²) < 4.78 is 13.9. The van der Waals surface area contributed by atoms with Crippen LogP contribution in [0.4, 0.5) is 4.39 Å². The number of pyridine rings is 1. The predicted molar refractivity (Wildman–Crippen MR) is 76.9 cm³/mol. The Morgan fingerprint density at radius 2 is 1.90 bits per heavy atom. The zero-order chi connectivity index (χ0) is 14.1. The van der Waals surface area contributed by atoms with E-state index in [1.165, 1.54) is 6.07 Å². The van der Waals surface area contributed by atoms with Crippen molar-refractivity contribution >= 4 is 10.9 Å². The fourth-order valence-electron chi connectivity index (χ4n) is 2.41. The minimum Gasteiger partial charge on any atom is -0.384 e. The van der Waals surface area contributed by atoms with Gasteiger partial charge in [-0.05, 0) is 30.7 Å². The number of benzene rings is 2. The van der Waals surface area contributed by atoms with Gasteiger partial charge in [0.2, 0.25) is 0 Å². The highest BCUT2D eigenvalue weighted by Gasteiger charge is 2.17. The number of fused-ring (bicyclic) bond motifs is 1. The number of rotatable bonds is 2. The summed E-state index contributed by atoms with van der Waals surface area (Å²) >= 11 is 0. The molecule has 0 spiro atoms. The van der Waals surface area contributed by atoms with Gasteiger partial charge in [-0.3, -0.25) is 4.98 Å². The molecule has 1 aromatic heterocycles. The van der Waals surface area contributed by atoms with Crippen molar-refractivity contribution in [1.82, 2.24) is 4.98 Å². The van der Waals surface area contributed by atoms with Crippen molar-refractivity contribution < 1.29 is 9.50 Å². The summed E-state index contributed by atoms with van der Waals surface area (Å²) in [6.07, 6.45) is 0.703. The second-order valence-corrected chi connectivity index (χ2v) is 4.84. The summed E-state index contributed by atoms with van der Waals surface area (Å²) in [5.41, 5.74) is 2.66. The van der Waals surface area contributed by atoms with Crippen molar-refractivity contribution in [2.45, 2.75) is 13.0 Å². The quantitative estimate of drug-likeness (QED) is 0.766. The molecular formula is C17H14FNO. The number of hydrogen-bond acceptors (Lipinski definition) is 2. The van der Waals surface area contributed by atoms with Crippen molar-refractivity contribution in [2.75, 3.05) is 0 Å². The molecule has 1 heterocycles. The number of hydrogen-bond donors (Lipinski definition) is 1. The molecule has 2 aromatic carbocycles. The molecule has 1 atom stereocenters. The van der Waals surface area contributed by atoms with Crippen LogP contribution in [0.1, 0.15) is 22.8 Å². The Morgan fingerprint density at radius 3 is 2.75 bits per heavy atom. The third-order valence-corrected chi connectivity index (χ3v) is 3.42. The third-order valence-electron chi connectivity index (χ3n) is 3.42. The summed E-state index contributed by atoms with van der Waals surface area (Å²) in [4.78, 5) is 4.25. The van der Waals surface area contributed by atoms with Gasteiger partial charge in [-0.1, -0.05) is 35.9 Å². The molecular weight excluding hydrogens is 253 g/mol. The number of aromatic nitrogens is 1. The van der Waals surface area contributed by atoms with Crippen molar-refractivity contribution in [3.05, 3.63) is 77.2 Å². The lowest BCUT2D eigenvalue weighted by Gasteiger charge is -2.15. The van der Waals surface area contributed by atoms with Crippen LogP contribution in [-0.4, -0.2) is 10.1 Å². The number of aliphatic hydroxyl groups is 1. The van der Waals surface area contributed by atoms with Crippen LogP contribution in [0.2, 0.25) is 0 Å². The van der Waals surface area contributed by atoms with E-state index in [0.717, 1.165) is 16.5 Å². The number of nitrogens with zero attached hydrogens (tertiary/aromatic N) is 1. The third kappa shape index (κ3) is 2.17. The van der Waals surface area contributed by atoms with Gasteiger partial charge in [-0.25, -0.2) is 4.39 Å². The summed E-state index contributed by atoms with van der Waals surface area (Å²) in [6.45, 7) is 1.88. The van der Waals surface area contributed by atoms with Crippen LogP contribution in [-0.2, 0) is 0 Å². The van der Waals surface area contributed by atoms with Gasteiger partial charge in [0.25, 0.3) is 0 Å². The lowest BCUT2D eigenvalue weighted by atomic mass is 9.96. The molecule has 0 bridgehead atoms. The Morgan fingerprint density at radius 1 is 1.05 bits per heavy atom. The van der Waals surface area contributed by atoms with Crippen LogP contribution in [0.5, 0.6) is 0 Å². The van der Waals surface area contributed by atoms with E-state index in [4.69, 9.17) is 0 Å². The molecule has 0 amide bonds. The monoisotopic (exact) mass is 267 g/mol. The minimum atomic E-state index is -0.997. The highest BCUT2D eigenvalue weighted by atomic mass is 19.1. The predicted octanol–water partition coefficient (Wildman–Crippen LogP) is 3.76. The SMILES string of the molecule is Cc1ccc(F)c(C(O)c2cccc3ncccc23)c1.